The maximum atomic E-state index is 4.70. The number of hydrogen-bond donors (Lipinski definition) is 1. The van der Waals surface area contributed by atoms with E-state index in [1.807, 2.05) is 19.4 Å². The van der Waals surface area contributed by atoms with Crippen LogP contribution in [-0.2, 0) is 12.8 Å². The number of thiazole rings is 1. The van der Waals surface area contributed by atoms with Gasteiger partial charge in [-0.1, -0.05) is 0 Å². The summed E-state index contributed by atoms with van der Waals surface area (Å²) in [7, 11) is 1.92. The fraction of sp³-hybridized carbons (Fsp3) is 0.462. The highest BCUT2D eigenvalue weighted by Crippen LogP contribution is 2.28. The Morgan fingerprint density at radius 3 is 2.72 bits per heavy atom. The first-order chi connectivity index (χ1) is 8.78. The van der Waals surface area contributed by atoms with Crippen LogP contribution in [0.2, 0.25) is 0 Å². The molecule has 0 aliphatic heterocycles. The highest BCUT2D eigenvalue weighted by Gasteiger charge is 2.18. The fourth-order valence-electron chi connectivity index (χ4n) is 2.38. The minimum Gasteiger partial charge on any atom is -0.373 e. The first-order valence-electron chi connectivity index (χ1n) is 6.28. The van der Waals surface area contributed by atoms with Gasteiger partial charge < -0.3 is 5.32 Å². The molecular formula is C13H16N4S. The van der Waals surface area contributed by atoms with Crippen LogP contribution >= 0.6 is 11.3 Å². The van der Waals surface area contributed by atoms with Crippen molar-refractivity contribution in [1.82, 2.24) is 15.0 Å². The Morgan fingerprint density at radius 2 is 2.00 bits per heavy atom. The summed E-state index contributed by atoms with van der Waals surface area (Å²) in [5.74, 6) is 1.73. The maximum absolute atomic E-state index is 4.70. The normalized spacial score (nSPS) is 14.3. The minimum absolute atomic E-state index is 0.754. The van der Waals surface area contributed by atoms with Crippen molar-refractivity contribution in [3.05, 3.63) is 21.6 Å². The number of anilines is 1. The molecule has 2 heterocycles. The van der Waals surface area contributed by atoms with E-state index in [-0.39, 0.29) is 0 Å². The molecule has 1 N–H and O–H groups in total. The number of rotatable bonds is 2. The summed E-state index contributed by atoms with van der Waals surface area (Å²) in [5, 5.41) is 6.28. The Kier molecular flexibility index (Phi) is 2.99. The van der Waals surface area contributed by atoms with Crippen LogP contribution in [-0.4, -0.2) is 22.0 Å². The summed E-state index contributed by atoms with van der Waals surface area (Å²) in [5.41, 5.74) is 3.38. The van der Waals surface area contributed by atoms with Gasteiger partial charge in [0, 0.05) is 23.7 Å². The highest BCUT2D eigenvalue weighted by molar-refractivity contribution is 7.09. The average Bonchev–Trinajstić information content (AvgIpc) is 2.84. The molecule has 0 bridgehead atoms. The lowest BCUT2D eigenvalue weighted by atomic mass is 9.96. The van der Waals surface area contributed by atoms with Gasteiger partial charge in [-0.15, -0.1) is 11.3 Å². The van der Waals surface area contributed by atoms with Crippen LogP contribution in [0.1, 0.15) is 29.1 Å². The molecule has 18 heavy (non-hydrogen) atoms. The number of aromatic nitrogens is 3. The third-order valence-corrected chi connectivity index (χ3v) is 4.04. The van der Waals surface area contributed by atoms with Crippen LogP contribution in [0.15, 0.2) is 5.38 Å². The van der Waals surface area contributed by atoms with Gasteiger partial charge in [-0.2, -0.15) is 0 Å². The molecule has 0 amide bonds. The van der Waals surface area contributed by atoms with Crippen molar-refractivity contribution in [3.63, 3.8) is 0 Å². The van der Waals surface area contributed by atoms with E-state index in [9.17, 15) is 0 Å². The van der Waals surface area contributed by atoms with E-state index in [2.05, 4.69) is 15.3 Å². The largest absolute Gasteiger partial charge is 0.373 e. The predicted molar refractivity (Wildman–Crippen MR) is 74.1 cm³/mol. The van der Waals surface area contributed by atoms with Crippen LogP contribution in [0.5, 0.6) is 0 Å². The number of fused-ring (bicyclic) bond motifs is 1. The van der Waals surface area contributed by atoms with E-state index in [0.29, 0.717) is 0 Å². The Bertz CT molecular complexity index is 559. The van der Waals surface area contributed by atoms with Crippen LogP contribution in [0.25, 0.3) is 11.5 Å². The third kappa shape index (κ3) is 1.99. The zero-order valence-corrected chi connectivity index (χ0v) is 11.5. The molecule has 94 valence electrons. The SMILES string of the molecule is CNc1nc(-c2csc(C)n2)nc2c1CCCC2. The van der Waals surface area contributed by atoms with Gasteiger partial charge in [0.2, 0.25) is 0 Å². The number of aryl methyl sites for hydroxylation is 2. The van der Waals surface area contributed by atoms with Crippen LogP contribution < -0.4 is 5.32 Å². The van der Waals surface area contributed by atoms with E-state index in [1.54, 1.807) is 11.3 Å². The lowest BCUT2D eigenvalue weighted by Gasteiger charge is -2.18. The molecule has 1 aliphatic carbocycles. The summed E-state index contributed by atoms with van der Waals surface area (Å²) in [6.45, 7) is 2.01. The third-order valence-electron chi connectivity index (χ3n) is 3.27. The van der Waals surface area contributed by atoms with Gasteiger partial charge in [-0.05, 0) is 32.6 Å². The van der Waals surface area contributed by atoms with Gasteiger partial charge in [0.1, 0.15) is 11.5 Å². The van der Waals surface area contributed by atoms with E-state index >= 15 is 0 Å². The van der Waals surface area contributed by atoms with E-state index in [1.165, 1.54) is 24.1 Å². The standard InChI is InChI=1S/C13H16N4S/c1-8-15-11(7-18-8)13-16-10-6-4-3-5-9(10)12(14-2)17-13/h7H,3-6H2,1-2H3,(H,14,16,17). The van der Waals surface area contributed by atoms with E-state index in [0.717, 1.165) is 35.2 Å². The number of hydrogen-bond acceptors (Lipinski definition) is 5. The Labute approximate surface area is 111 Å². The Hall–Kier alpha value is -1.49. The van der Waals surface area contributed by atoms with Crippen molar-refractivity contribution < 1.29 is 0 Å². The minimum atomic E-state index is 0.754. The lowest BCUT2D eigenvalue weighted by Crippen LogP contribution is -2.12. The molecule has 0 spiro atoms. The second-order valence-corrected chi connectivity index (χ2v) is 5.59. The van der Waals surface area contributed by atoms with Gasteiger partial charge in [-0.3, -0.25) is 0 Å². The van der Waals surface area contributed by atoms with Gasteiger partial charge in [0.25, 0.3) is 0 Å². The summed E-state index contributed by atoms with van der Waals surface area (Å²) >= 11 is 1.64. The Morgan fingerprint density at radius 1 is 1.17 bits per heavy atom. The van der Waals surface area contributed by atoms with Crippen molar-refractivity contribution in [1.29, 1.82) is 0 Å². The van der Waals surface area contributed by atoms with Crippen molar-refractivity contribution >= 4 is 17.2 Å². The van der Waals surface area contributed by atoms with Crippen LogP contribution in [0.4, 0.5) is 5.82 Å². The molecule has 0 saturated heterocycles. The molecule has 2 aromatic rings. The molecule has 0 unspecified atom stereocenters. The molecule has 0 aromatic carbocycles. The summed E-state index contributed by atoms with van der Waals surface area (Å²) in [6.07, 6.45) is 4.60. The second-order valence-electron chi connectivity index (χ2n) is 4.53. The van der Waals surface area contributed by atoms with Crippen molar-refractivity contribution in [2.75, 3.05) is 12.4 Å². The maximum Gasteiger partial charge on any atom is 0.181 e. The molecule has 2 aromatic heterocycles. The summed E-state index contributed by atoms with van der Waals surface area (Å²) in [4.78, 5) is 13.8. The van der Waals surface area contributed by atoms with Crippen LogP contribution in [0.3, 0.4) is 0 Å². The first kappa shape index (κ1) is 11.6. The molecule has 0 saturated carbocycles. The zero-order valence-electron chi connectivity index (χ0n) is 10.7. The molecule has 1 aliphatic rings. The van der Waals surface area contributed by atoms with Gasteiger partial charge in [0.05, 0.1) is 5.01 Å². The van der Waals surface area contributed by atoms with Gasteiger partial charge in [-0.25, -0.2) is 15.0 Å². The first-order valence-corrected chi connectivity index (χ1v) is 7.16. The molecule has 3 rings (SSSR count). The second kappa shape index (κ2) is 4.65. The van der Waals surface area contributed by atoms with Gasteiger partial charge in [0.15, 0.2) is 5.82 Å². The molecule has 0 atom stereocenters. The molecule has 0 fully saturated rings. The van der Waals surface area contributed by atoms with Crippen LogP contribution in [0, 0.1) is 6.92 Å². The van der Waals surface area contributed by atoms with E-state index < -0.39 is 0 Å². The zero-order chi connectivity index (χ0) is 12.5. The number of nitrogens with one attached hydrogen (secondary N) is 1. The molecular weight excluding hydrogens is 244 g/mol. The van der Waals surface area contributed by atoms with E-state index in [4.69, 9.17) is 4.98 Å². The molecule has 0 radical (unpaired) electrons. The lowest BCUT2D eigenvalue weighted by molar-refractivity contribution is 0.665. The monoisotopic (exact) mass is 260 g/mol. The summed E-state index contributed by atoms with van der Waals surface area (Å²) in [6, 6.07) is 0. The predicted octanol–water partition coefficient (Wildman–Crippen LogP) is 2.83. The van der Waals surface area contributed by atoms with Crippen molar-refractivity contribution in [3.8, 4) is 11.5 Å². The van der Waals surface area contributed by atoms with Crippen molar-refractivity contribution in [2.24, 2.45) is 0 Å². The fourth-order valence-corrected chi connectivity index (χ4v) is 2.97. The Balaban J connectivity index is 2.11. The summed E-state index contributed by atoms with van der Waals surface area (Å²) < 4.78 is 0. The topological polar surface area (TPSA) is 50.7 Å². The molecule has 4 nitrogen and oxygen atoms in total. The quantitative estimate of drug-likeness (QED) is 0.902. The highest BCUT2D eigenvalue weighted by atomic mass is 32.1. The molecule has 5 heteroatoms. The van der Waals surface area contributed by atoms with Gasteiger partial charge >= 0.3 is 0 Å². The smallest absolute Gasteiger partial charge is 0.181 e. The average molecular weight is 260 g/mol. The number of nitrogens with zero attached hydrogens (tertiary/aromatic N) is 3. The van der Waals surface area contributed by atoms with Crippen molar-refractivity contribution in [2.45, 2.75) is 32.6 Å².